The summed E-state index contributed by atoms with van der Waals surface area (Å²) < 4.78 is 30.2. The molecule has 11 heteroatoms. The van der Waals surface area contributed by atoms with Gasteiger partial charge in [-0.25, -0.2) is 18.2 Å². The number of nitrogens with one attached hydrogen (secondary N) is 2. The highest BCUT2D eigenvalue weighted by atomic mass is 32.2. The molecule has 2 saturated heterocycles. The molecule has 10 nitrogen and oxygen atoms in total. The molecule has 3 heterocycles. The molecule has 2 aliphatic heterocycles. The molecular formula is C15H26N6O4S. The quantitative estimate of drug-likeness (QED) is 0.731. The van der Waals surface area contributed by atoms with E-state index in [-0.39, 0.29) is 24.6 Å². The molecule has 0 aromatic carbocycles. The van der Waals surface area contributed by atoms with Gasteiger partial charge in [0.1, 0.15) is 5.82 Å². The Morgan fingerprint density at radius 1 is 1.35 bits per heavy atom. The van der Waals surface area contributed by atoms with E-state index in [1.807, 2.05) is 6.92 Å². The number of hydrogen-bond donors (Lipinski definition) is 2. The molecule has 0 radical (unpaired) electrons. The molecule has 26 heavy (non-hydrogen) atoms. The number of urea groups is 1. The fourth-order valence-corrected chi connectivity index (χ4v) is 4.16. The molecule has 2 aliphatic rings. The van der Waals surface area contributed by atoms with Crippen LogP contribution in [0.4, 0.5) is 4.79 Å². The van der Waals surface area contributed by atoms with E-state index in [9.17, 15) is 13.2 Å². The van der Waals surface area contributed by atoms with Crippen molar-refractivity contribution in [2.45, 2.75) is 31.8 Å². The Morgan fingerprint density at radius 2 is 2.08 bits per heavy atom. The Balaban J connectivity index is 1.43. The average Bonchev–Trinajstić information content (AvgIpc) is 3.06. The van der Waals surface area contributed by atoms with E-state index in [0.29, 0.717) is 32.8 Å². The van der Waals surface area contributed by atoms with Crippen LogP contribution < -0.4 is 5.32 Å². The lowest BCUT2D eigenvalue weighted by atomic mass is 9.96. The number of carbonyl (C=O) groups is 1. The number of amides is 2. The maximum absolute atomic E-state index is 12.4. The van der Waals surface area contributed by atoms with Crippen molar-refractivity contribution in [1.82, 2.24) is 29.7 Å². The zero-order valence-corrected chi connectivity index (χ0v) is 16.0. The SMILES string of the molecule is Cc1nc(C2CCN(C(=O)NC[C@@H]3CN(S(C)(=O)=O)CCO3)CC2)n[nH]1. The molecule has 146 valence electrons. The van der Waals surface area contributed by atoms with Gasteiger partial charge in [-0.2, -0.15) is 9.40 Å². The van der Waals surface area contributed by atoms with E-state index < -0.39 is 10.0 Å². The van der Waals surface area contributed by atoms with Gasteiger partial charge in [-0.15, -0.1) is 0 Å². The summed E-state index contributed by atoms with van der Waals surface area (Å²) in [6.07, 6.45) is 2.52. The van der Waals surface area contributed by atoms with Gasteiger partial charge in [-0.3, -0.25) is 5.10 Å². The van der Waals surface area contributed by atoms with Crippen molar-refractivity contribution in [1.29, 1.82) is 0 Å². The predicted octanol–water partition coefficient (Wildman–Crippen LogP) is -0.337. The molecule has 1 aromatic heterocycles. The van der Waals surface area contributed by atoms with Crippen molar-refractivity contribution in [2.75, 3.05) is 45.6 Å². The first kappa shape index (κ1) is 19.1. The summed E-state index contributed by atoms with van der Waals surface area (Å²) in [7, 11) is -3.23. The summed E-state index contributed by atoms with van der Waals surface area (Å²) in [6.45, 7) is 4.43. The third-order valence-electron chi connectivity index (χ3n) is 4.81. The van der Waals surface area contributed by atoms with Crippen LogP contribution in [0.5, 0.6) is 0 Å². The minimum atomic E-state index is -3.23. The summed E-state index contributed by atoms with van der Waals surface area (Å²) >= 11 is 0. The van der Waals surface area contributed by atoms with Gasteiger partial charge in [0, 0.05) is 38.6 Å². The molecule has 0 aliphatic carbocycles. The fourth-order valence-electron chi connectivity index (χ4n) is 3.31. The Bertz CT molecular complexity index is 728. The Hall–Kier alpha value is -1.72. The van der Waals surface area contributed by atoms with Gasteiger partial charge in [0.15, 0.2) is 5.82 Å². The number of piperidine rings is 1. The fraction of sp³-hybridized carbons (Fsp3) is 0.800. The van der Waals surface area contributed by atoms with E-state index in [1.165, 1.54) is 10.6 Å². The number of likely N-dealkylation sites (tertiary alicyclic amines) is 1. The van der Waals surface area contributed by atoms with Gasteiger partial charge < -0.3 is 15.0 Å². The van der Waals surface area contributed by atoms with Crippen molar-refractivity contribution >= 4 is 16.1 Å². The van der Waals surface area contributed by atoms with Crippen LogP contribution in [0.1, 0.15) is 30.4 Å². The Kier molecular flexibility index (Phi) is 5.78. The van der Waals surface area contributed by atoms with Gasteiger partial charge in [-0.1, -0.05) is 0 Å². The number of hydrogen-bond acceptors (Lipinski definition) is 6. The summed E-state index contributed by atoms with van der Waals surface area (Å²) in [5.41, 5.74) is 0. The maximum atomic E-state index is 12.4. The Morgan fingerprint density at radius 3 is 2.69 bits per heavy atom. The number of carbonyl (C=O) groups excluding carboxylic acids is 1. The first-order valence-corrected chi connectivity index (χ1v) is 10.7. The highest BCUT2D eigenvalue weighted by molar-refractivity contribution is 7.88. The molecule has 2 fully saturated rings. The number of aromatic nitrogens is 3. The minimum absolute atomic E-state index is 0.144. The standard InChI is InChI=1S/C15H26N6O4S/c1-11-17-14(19-18-11)12-3-5-20(6-4-12)15(22)16-9-13-10-21(7-8-25-13)26(2,23)24/h12-13H,3-10H2,1-2H3,(H,16,22)(H,17,18,19)/t13-/m1/s1. The van der Waals surface area contributed by atoms with Crippen LogP contribution in [0.15, 0.2) is 0 Å². The normalized spacial score (nSPS) is 23.2. The zero-order chi connectivity index (χ0) is 18.7. The zero-order valence-electron chi connectivity index (χ0n) is 15.1. The van der Waals surface area contributed by atoms with Crippen LogP contribution >= 0.6 is 0 Å². The molecule has 0 spiro atoms. The summed E-state index contributed by atoms with van der Waals surface area (Å²) in [5.74, 6) is 1.89. The van der Waals surface area contributed by atoms with Crippen LogP contribution in [0, 0.1) is 6.92 Å². The molecule has 0 unspecified atom stereocenters. The summed E-state index contributed by atoms with van der Waals surface area (Å²) in [6, 6.07) is -0.144. The smallest absolute Gasteiger partial charge is 0.317 e. The van der Waals surface area contributed by atoms with Crippen LogP contribution in [0.2, 0.25) is 0 Å². The number of rotatable bonds is 4. The lowest BCUT2D eigenvalue weighted by Gasteiger charge is -2.33. The van der Waals surface area contributed by atoms with Crippen LogP contribution in [0.3, 0.4) is 0 Å². The molecule has 1 atom stereocenters. The van der Waals surface area contributed by atoms with Gasteiger partial charge in [0.05, 0.1) is 19.0 Å². The second-order valence-corrected chi connectivity index (χ2v) is 8.82. The maximum Gasteiger partial charge on any atom is 0.317 e. The second kappa shape index (κ2) is 7.89. The van der Waals surface area contributed by atoms with Crippen molar-refractivity contribution in [3.8, 4) is 0 Å². The summed E-state index contributed by atoms with van der Waals surface area (Å²) in [4.78, 5) is 18.5. The van der Waals surface area contributed by atoms with E-state index >= 15 is 0 Å². The third-order valence-corrected chi connectivity index (χ3v) is 6.08. The lowest BCUT2D eigenvalue weighted by Crippen LogP contribution is -2.51. The van der Waals surface area contributed by atoms with E-state index in [0.717, 1.165) is 24.5 Å². The number of nitrogens with zero attached hydrogens (tertiary/aromatic N) is 4. The van der Waals surface area contributed by atoms with Crippen LogP contribution in [0.25, 0.3) is 0 Å². The molecule has 1 aromatic rings. The van der Waals surface area contributed by atoms with E-state index in [4.69, 9.17) is 4.74 Å². The highest BCUT2D eigenvalue weighted by Gasteiger charge is 2.29. The summed E-state index contributed by atoms with van der Waals surface area (Å²) in [5, 5.41) is 9.92. The number of sulfonamides is 1. The van der Waals surface area contributed by atoms with Crippen LogP contribution in [-0.2, 0) is 14.8 Å². The second-order valence-electron chi connectivity index (χ2n) is 6.84. The number of aromatic amines is 1. The van der Waals surface area contributed by atoms with Crippen LogP contribution in [-0.4, -0.2) is 90.5 Å². The first-order valence-electron chi connectivity index (χ1n) is 8.81. The number of morpholine rings is 1. The third kappa shape index (κ3) is 4.71. The topological polar surface area (TPSA) is 121 Å². The number of aryl methyl sites for hydroxylation is 1. The van der Waals surface area contributed by atoms with Gasteiger partial charge in [-0.05, 0) is 19.8 Å². The number of ether oxygens (including phenoxy) is 1. The monoisotopic (exact) mass is 386 g/mol. The average molecular weight is 386 g/mol. The largest absolute Gasteiger partial charge is 0.374 e. The van der Waals surface area contributed by atoms with Gasteiger partial charge in [0.25, 0.3) is 0 Å². The molecular weight excluding hydrogens is 360 g/mol. The van der Waals surface area contributed by atoms with Crippen molar-refractivity contribution < 1.29 is 17.9 Å². The highest BCUT2D eigenvalue weighted by Crippen LogP contribution is 2.25. The lowest BCUT2D eigenvalue weighted by molar-refractivity contribution is 0.000790. The predicted molar refractivity (Wildman–Crippen MR) is 94.2 cm³/mol. The van der Waals surface area contributed by atoms with E-state index in [1.54, 1.807) is 4.90 Å². The number of H-pyrrole nitrogens is 1. The molecule has 2 amide bonds. The minimum Gasteiger partial charge on any atom is -0.374 e. The Labute approximate surface area is 153 Å². The van der Waals surface area contributed by atoms with Gasteiger partial charge >= 0.3 is 6.03 Å². The van der Waals surface area contributed by atoms with E-state index in [2.05, 4.69) is 20.5 Å². The molecule has 2 N–H and O–H groups in total. The molecule has 3 rings (SSSR count). The first-order chi connectivity index (χ1) is 12.3. The van der Waals surface area contributed by atoms with Crippen molar-refractivity contribution in [3.05, 3.63) is 11.6 Å². The van der Waals surface area contributed by atoms with Gasteiger partial charge in [0.2, 0.25) is 10.0 Å². The van der Waals surface area contributed by atoms with Crippen molar-refractivity contribution in [2.24, 2.45) is 0 Å². The molecule has 0 bridgehead atoms. The van der Waals surface area contributed by atoms with Crippen molar-refractivity contribution in [3.63, 3.8) is 0 Å². The molecule has 0 saturated carbocycles.